The Morgan fingerprint density at radius 2 is 2.20 bits per heavy atom. The lowest BCUT2D eigenvalue weighted by Crippen LogP contribution is -2.05. The standard InChI is InChI=1S/C12H18O2S/c1-10(2)14-6-7-15-12-5-3-4-11(8-12)9-13/h3-5,8,10,13H,6-7,9H2,1-2H3. The van der Waals surface area contributed by atoms with Crippen LogP contribution in [0.2, 0.25) is 0 Å². The van der Waals surface area contributed by atoms with E-state index in [-0.39, 0.29) is 6.61 Å². The van der Waals surface area contributed by atoms with Crippen molar-refractivity contribution >= 4 is 11.8 Å². The first-order valence-corrected chi connectivity index (χ1v) is 6.15. The highest BCUT2D eigenvalue weighted by atomic mass is 32.2. The summed E-state index contributed by atoms with van der Waals surface area (Å²) in [6.07, 6.45) is 0.300. The summed E-state index contributed by atoms with van der Waals surface area (Å²) in [4.78, 5) is 1.19. The van der Waals surface area contributed by atoms with Crippen molar-refractivity contribution in [3.05, 3.63) is 29.8 Å². The van der Waals surface area contributed by atoms with Crippen LogP contribution in [0.25, 0.3) is 0 Å². The van der Waals surface area contributed by atoms with Gasteiger partial charge < -0.3 is 9.84 Å². The number of rotatable bonds is 6. The van der Waals surface area contributed by atoms with Gasteiger partial charge in [0.05, 0.1) is 19.3 Å². The van der Waals surface area contributed by atoms with Gasteiger partial charge in [0.25, 0.3) is 0 Å². The van der Waals surface area contributed by atoms with E-state index in [4.69, 9.17) is 9.84 Å². The molecule has 1 aromatic rings. The van der Waals surface area contributed by atoms with Gasteiger partial charge in [0.15, 0.2) is 0 Å². The Morgan fingerprint density at radius 3 is 2.87 bits per heavy atom. The molecule has 0 aliphatic heterocycles. The Kier molecular flexibility index (Phi) is 5.76. The zero-order valence-corrected chi connectivity index (χ0v) is 10.1. The van der Waals surface area contributed by atoms with E-state index in [1.807, 2.05) is 32.0 Å². The van der Waals surface area contributed by atoms with Gasteiger partial charge in [-0.3, -0.25) is 0 Å². The average Bonchev–Trinajstić information content (AvgIpc) is 2.24. The van der Waals surface area contributed by atoms with Gasteiger partial charge in [-0.15, -0.1) is 11.8 Å². The van der Waals surface area contributed by atoms with Crippen LogP contribution in [-0.2, 0) is 11.3 Å². The number of benzene rings is 1. The van der Waals surface area contributed by atoms with Gasteiger partial charge in [0.2, 0.25) is 0 Å². The molecule has 1 rings (SSSR count). The summed E-state index contributed by atoms with van der Waals surface area (Å²) in [7, 11) is 0. The number of ether oxygens (including phenoxy) is 1. The van der Waals surface area contributed by atoms with Crippen LogP contribution in [0.4, 0.5) is 0 Å². The maximum atomic E-state index is 8.97. The van der Waals surface area contributed by atoms with Crippen molar-refractivity contribution in [1.29, 1.82) is 0 Å². The lowest BCUT2D eigenvalue weighted by Gasteiger charge is -2.07. The van der Waals surface area contributed by atoms with Gasteiger partial charge >= 0.3 is 0 Å². The summed E-state index contributed by atoms with van der Waals surface area (Å²) in [5.74, 6) is 0.951. The van der Waals surface area contributed by atoms with Gasteiger partial charge in [0, 0.05) is 10.6 Å². The predicted molar refractivity (Wildman–Crippen MR) is 64.2 cm³/mol. The van der Waals surface area contributed by atoms with Crippen molar-refractivity contribution in [3.63, 3.8) is 0 Å². The molecule has 0 fully saturated rings. The summed E-state index contributed by atoms with van der Waals surface area (Å²) >= 11 is 1.76. The van der Waals surface area contributed by atoms with E-state index in [2.05, 4.69) is 6.07 Å². The Hall–Kier alpha value is -0.510. The SMILES string of the molecule is CC(C)OCCSc1cccc(CO)c1. The Labute approximate surface area is 95.7 Å². The number of aliphatic hydroxyl groups is 1. The maximum absolute atomic E-state index is 8.97. The van der Waals surface area contributed by atoms with E-state index < -0.39 is 0 Å². The molecule has 0 aliphatic carbocycles. The summed E-state index contributed by atoms with van der Waals surface area (Å²) < 4.78 is 5.45. The molecule has 15 heavy (non-hydrogen) atoms. The van der Waals surface area contributed by atoms with Crippen molar-refractivity contribution in [2.45, 2.75) is 31.5 Å². The predicted octanol–water partition coefficient (Wildman–Crippen LogP) is 2.70. The fraction of sp³-hybridized carbons (Fsp3) is 0.500. The Bertz CT molecular complexity index is 287. The van der Waals surface area contributed by atoms with Crippen molar-refractivity contribution in [2.24, 2.45) is 0 Å². The average molecular weight is 226 g/mol. The van der Waals surface area contributed by atoms with Crippen LogP contribution in [-0.4, -0.2) is 23.6 Å². The molecule has 1 N–H and O–H groups in total. The number of aliphatic hydroxyl groups excluding tert-OH is 1. The lowest BCUT2D eigenvalue weighted by atomic mass is 10.2. The molecule has 3 heteroatoms. The smallest absolute Gasteiger partial charge is 0.0682 e. The summed E-state index contributed by atoms with van der Waals surface area (Å²) in [5.41, 5.74) is 0.963. The summed E-state index contributed by atoms with van der Waals surface area (Å²) in [6.45, 7) is 4.96. The second kappa shape index (κ2) is 6.88. The number of hydrogen-bond donors (Lipinski definition) is 1. The van der Waals surface area contributed by atoms with E-state index >= 15 is 0 Å². The van der Waals surface area contributed by atoms with Gasteiger partial charge in [-0.25, -0.2) is 0 Å². The van der Waals surface area contributed by atoms with Crippen LogP contribution in [0.3, 0.4) is 0 Å². The first-order chi connectivity index (χ1) is 7.22. The van der Waals surface area contributed by atoms with Crippen LogP contribution in [0.5, 0.6) is 0 Å². The van der Waals surface area contributed by atoms with Crippen LogP contribution in [0.1, 0.15) is 19.4 Å². The Morgan fingerprint density at radius 1 is 1.40 bits per heavy atom. The van der Waals surface area contributed by atoms with E-state index in [1.165, 1.54) is 4.90 Å². The third-order valence-electron chi connectivity index (χ3n) is 1.88. The molecule has 0 atom stereocenters. The normalized spacial score (nSPS) is 10.9. The summed E-state index contributed by atoms with van der Waals surface area (Å²) in [6, 6.07) is 7.96. The lowest BCUT2D eigenvalue weighted by molar-refractivity contribution is 0.0920. The van der Waals surface area contributed by atoms with Crippen LogP contribution < -0.4 is 0 Å². The minimum absolute atomic E-state index is 0.108. The van der Waals surface area contributed by atoms with Crippen LogP contribution in [0, 0.1) is 0 Å². The minimum atomic E-state index is 0.108. The molecule has 0 saturated carbocycles. The molecule has 0 spiro atoms. The van der Waals surface area contributed by atoms with Crippen molar-refractivity contribution in [1.82, 2.24) is 0 Å². The summed E-state index contributed by atoms with van der Waals surface area (Å²) in [5, 5.41) is 8.97. The molecule has 0 heterocycles. The molecule has 84 valence electrons. The highest BCUT2D eigenvalue weighted by molar-refractivity contribution is 7.99. The topological polar surface area (TPSA) is 29.5 Å². The maximum Gasteiger partial charge on any atom is 0.0682 e. The fourth-order valence-corrected chi connectivity index (χ4v) is 2.00. The first kappa shape index (κ1) is 12.6. The molecule has 0 aromatic heterocycles. The fourth-order valence-electron chi connectivity index (χ4n) is 1.18. The highest BCUT2D eigenvalue weighted by Crippen LogP contribution is 2.19. The van der Waals surface area contributed by atoms with E-state index in [1.54, 1.807) is 11.8 Å². The molecule has 0 unspecified atom stereocenters. The molecule has 0 radical (unpaired) electrons. The molecular formula is C12H18O2S. The molecule has 0 amide bonds. The third-order valence-corrected chi connectivity index (χ3v) is 2.84. The van der Waals surface area contributed by atoms with Crippen molar-refractivity contribution < 1.29 is 9.84 Å². The molecule has 0 saturated heterocycles. The van der Waals surface area contributed by atoms with Gasteiger partial charge in [-0.1, -0.05) is 12.1 Å². The zero-order chi connectivity index (χ0) is 11.1. The van der Waals surface area contributed by atoms with E-state index in [0.717, 1.165) is 17.9 Å². The van der Waals surface area contributed by atoms with E-state index in [9.17, 15) is 0 Å². The van der Waals surface area contributed by atoms with Crippen LogP contribution >= 0.6 is 11.8 Å². The third kappa shape index (κ3) is 5.21. The minimum Gasteiger partial charge on any atom is -0.392 e. The molecular weight excluding hydrogens is 208 g/mol. The van der Waals surface area contributed by atoms with Crippen molar-refractivity contribution in [3.8, 4) is 0 Å². The Balaban J connectivity index is 2.30. The van der Waals surface area contributed by atoms with Crippen molar-refractivity contribution in [2.75, 3.05) is 12.4 Å². The first-order valence-electron chi connectivity index (χ1n) is 5.16. The second-order valence-electron chi connectivity index (χ2n) is 3.57. The zero-order valence-electron chi connectivity index (χ0n) is 9.27. The molecule has 2 nitrogen and oxygen atoms in total. The number of hydrogen-bond acceptors (Lipinski definition) is 3. The molecule has 0 bridgehead atoms. The number of thioether (sulfide) groups is 1. The van der Waals surface area contributed by atoms with Gasteiger partial charge in [-0.05, 0) is 31.5 Å². The molecule has 0 aliphatic rings. The van der Waals surface area contributed by atoms with Gasteiger partial charge in [0.1, 0.15) is 0 Å². The largest absolute Gasteiger partial charge is 0.392 e. The second-order valence-corrected chi connectivity index (χ2v) is 4.74. The monoisotopic (exact) mass is 226 g/mol. The van der Waals surface area contributed by atoms with E-state index in [0.29, 0.717) is 6.10 Å². The van der Waals surface area contributed by atoms with Crippen LogP contribution in [0.15, 0.2) is 29.2 Å². The molecule has 1 aromatic carbocycles. The highest BCUT2D eigenvalue weighted by Gasteiger charge is 1.97. The van der Waals surface area contributed by atoms with Gasteiger partial charge in [-0.2, -0.15) is 0 Å². The quantitative estimate of drug-likeness (QED) is 0.597.